The van der Waals surface area contributed by atoms with Gasteiger partial charge in [0, 0.05) is 12.8 Å². The van der Waals surface area contributed by atoms with Gasteiger partial charge >= 0.3 is 5.97 Å². The number of nitrogens with zero attached hydrogens (tertiary/aromatic N) is 2. The Morgan fingerprint density at radius 1 is 1.21 bits per heavy atom. The lowest BCUT2D eigenvalue weighted by atomic mass is 10.2. The first kappa shape index (κ1) is 20.7. The zero-order valence-electron chi connectivity index (χ0n) is 16.4. The molecule has 0 unspecified atom stereocenters. The third-order valence-electron chi connectivity index (χ3n) is 4.36. The van der Waals surface area contributed by atoms with E-state index in [4.69, 9.17) is 9.47 Å². The van der Waals surface area contributed by atoms with Crippen molar-refractivity contribution in [1.82, 2.24) is 9.55 Å². The number of carbonyl (C=O) groups is 2. The Labute approximate surface area is 171 Å². The van der Waals surface area contributed by atoms with E-state index in [1.54, 1.807) is 13.0 Å². The third-order valence-corrected chi connectivity index (χ3v) is 5.54. The van der Waals surface area contributed by atoms with Crippen LogP contribution in [0.25, 0.3) is 10.2 Å². The van der Waals surface area contributed by atoms with E-state index in [0.29, 0.717) is 26.3 Å². The average molecular weight is 415 g/mol. The summed E-state index contributed by atoms with van der Waals surface area (Å²) in [7, 11) is 1.51. The number of esters is 1. The summed E-state index contributed by atoms with van der Waals surface area (Å²) in [5, 5.41) is 3.11. The molecule has 0 aliphatic heterocycles. The first-order valence-electron chi connectivity index (χ1n) is 8.92. The van der Waals surface area contributed by atoms with Gasteiger partial charge < -0.3 is 14.8 Å². The standard InChI is InChI=1S/C20H21N3O5S/c1-12-6-4-5-7-14(12)22-15(24)10-23-11-21-18-16(19(23)25)13(2)17(29-18)20(26)28-9-8-27-3/h4-7,11H,8-10H2,1-3H3,(H,22,24). The number of anilines is 1. The zero-order valence-corrected chi connectivity index (χ0v) is 17.2. The van der Waals surface area contributed by atoms with Crippen LogP contribution in [0.5, 0.6) is 0 Å². The van der Waals surface area contributed by atoms with E-state index in [1.165, 1.54) is 18.0 Å². The van der Waals surface area contributed by atoms with Gasteiger partial charge in [-0.25, -0.2) is 9.78 Å². The maximum Gasteiger partial charge on any atom is 0.348 e. The molecule has 0 saturated carbocycles. The van der Waals surface area contributed by atoms with E-state index in [-0.39, 0.29) is 31.2 Å². The lowest BCUT2D eigenvalue weighted by Crippen LogP contribution is -2.28. The van der Waals surface area contributed by atoms with Gasteiger partial charge in [0.25, 0.3) is 5.56 Å². The molecule has 1 N–H and O–H groups in total. The van der Waals surface area contributed by atoms with Crippen LogP contribution >= 0.6 is 11.3 Å². The molecule has 0 atom stereocenters. The van der Waals surface area contributed by atoms with Crippen LogP contribution in [0.1, 0.15) is 20.8 Å². The van der Waals surface area contributed by atoms with Gasteiger partial charge in [-0.05, 0) is 31.0 Å². The molecule has 3 rings (SSSR count). The van der Waals surface area contributed by atoms with Gasteiger partial charge in [0.15, 0.2) is 0 Å². The summed E-state index contributed by atoms with van der Waals surface area (Å²) >= 11 is 1.10. The van der Waals surface area contributed by atoms with Crippen LogP contribution in [0.2, 0.25) is 0 Å². The normalized spacial score (nSPS) is 10.9. The third kappa shape index (κ3) is 4.52. The highest BCUT2D eigenvalue weighted by Gasteiger charge is 2.21. The first-order chi connectivity index (χ1) is 13.9. The van der Waals surface area contributed by atoms with Crippen molar-refractivity contribution in [2.75, 3.05) is 25.6 Å². The molecule has 0 spiro atoms. The number of hydrogen-bond donors (Lipinski definition) is 1. The average Bonchev–Trinajstić information content (AvgIpc) is 3.03. The monoisotopic (exact) mass is 415 g/mol. The summed E-state index contributed by atoms with van der Waals surface area (Å²) in [6, 6.07) is 7.38. The Bertz CT molecular complexity index is 1120. The molecule has 0 bridgehead atoms. The van der Waals surface area contributed by atoms with Crippen LogP contribution < -0.4 is 10.9 Å². The maximum atomic E-state index is 12.9. The van der Waals surface area contributed by atoms with Crippen LogP contribution in [0.3, 0.4) is 0 Å². The SMILES string of the molecule is COCCOC(=O)c1sc2ncn(CC(=O)Nc3ccccc3C)c(=O)c2c1C. The molecule has 0 aliphatic carbocycles. The largest absolute Gasteiger partial charge is 0.459 e. The van der Waals surface area contributed by atoms with E-state index >= 15 is 0 Å². The van der Waals surface area contributed by atoms with Crippen molar-refractivity contribution in [3.8, 4) is 0 Å². The number of methoxy groups -OCH3 is 1. The number of carbonyl (C=O) groups excluding carboxylic acids is 2. The van der Waals surface area contributed by atoms with Gasteiger partial charge in [-0.1, -0.05) is 18.2 Å². The van der Waals surface area contributed by atoms with Crippen LogP contribution in [0, 0.1) is 13.8 Å². The lowest BCUT2D eigenvalue weighted by Gasteiger charge is -2.09. The minimum absolute atomic E-state index is 0.125. The Kier molecular flexibility index (Phi) is 6.40. The molecule has 152 valence electrons. The minimum atomic E-state index is -0.522. The molecule has 2 heterocycles. The van der Waals surface area contributed by atoms with Gasteiger partial charge in [0.1, 0.15) is 22.9 Å². The van der Waals surface area contributed by atoms with Crippen molar-refractivity contribution >= 4 is 39.1 Å². The first-order valence-corrected chi connectivity index (χ1v) is 9.74. The smallest absolute Gasteiger partial charge is 0.348 e. The highest BCUT2D eigenvalue weighted by Crippen LogP contribution is 2.27. The fourth-order valence-electron chi connectivity index (χ4n) is 2.81. The topological polar surface area (TPSA) is 99.5 Å². The number of hydrogen-bond acceptors (Lipinski definition) is 7. The van der Waals surface area contributed by atoms with Crippen LogP contribution in [-0.4, -0.2) is 41.8 Å². The lowest BCUT2D eigenvalue weighted by molar-refractivity contribution is -0.116. The minimum Gasteiger partial charge on any atom is -0.459 e. The summed E-state index contributed by atoms with van der Waals surface area (Å²) in [6.07, 6.45) is 1.32. The van der Waals surface area contributed by atoms with Gasteiger partial charge in [-0.15, -0.1) is 11.3 Å². The molecule has 1 amide bonds. The van der Waals surface area contributed by atoms with E-state index in [2.05, 4.69) is 10.3 Å². The second kappa shape index (κ2) is 8.97. The molecule has 9 heteroatoms. The van der Waals surface area contributed by atoms with Crippen LogP contribution in [0.4, 0.5) is 5.69 Å². The number of aromatic nitrogens is 2. The molecule has 0 fully saturated rings. The van der Waals surface area contributed by atoms with Crippen molar-refractivity contribution in [3.05, 3.63) is 57.0 Å². The van der Waals surface area contributed by atoms with Gasteiger partial charge in [-0.2, -0.15) is 0 Å². The van der Waals surface area contributed by atoms with Crippen molar-refractivity contribution in [3.63, 3.8) is 0 Å². The summed E-state index contributed by atoms with van der Waals surface area (Å²) in [5.74, 6) is -0.861. The van der Waals surface area contributed by atoms with E-state index < -0.39 is 5.97 Å². The maximum absolute atomic E-state index is 12.9. The summed E-state index contributed by atoms with van der Waals surface area (Å²) in [5.41, 5.74) is 1.73. The number of fused-ring (bicyclic) bond motifs is 1. The fraction of sp³-hybridized carbons (Fsp3) is 0.300. The molecule has 0 saturated heterocycles. The summed E-state index contributed by atoms with van der Waals surface area (Å²) in [4.78, 5) is 42.5. The Morgan fingerprint density at radius 3 is 2.69 bits per heavy atom. The van der Waals surface area contributed by atoms with Crippen molar-refractivity contribution in [2.45, 2.75) is 20.4 Å². The van der Waals surface area contributed by atoms with Crippen LogP contribution in [-0.2, 0) is 20.8 Å². The van der Waals surface area contributed by atoms with Crippen molar-refractivity contribution < 1.29 is 19.1 Å². The number of aryl methyl sites for hydroxylation is 2. The predicted molar refractivity (Wildman–Crippen MR) is 111 cm³/mol. The number of para-hydroxylation sites is 1. The van der Waals surface area contributed by atoms with E-state index in [1.807, 2.05) is 25.1 Å². The van der Waals surface area contributed by atoms with Gasteiger partial charge in [0.05, 0.1) is 18.3 Å². The molecule has 2 aromatic heterocycles. The second-order valence-corrected chi connectivity index (χ2v) is 7.40. The Balaban J connectivity index is 1.83. The highest BCUT2D eigenvalue weighted by atomic mass is 32.1. The molecule has 0 radical (unpaired) electrons. The molecular formula is C20H21N3O5S. The Morgan fingerprint density at radius 2 is 1.97 bits per heavy atom. The highest BCUT2D eigenvalue weighted by molar-refractivity contribution is 7.20. The number of amides is 1. The molecule has 8 nitrogen and oxygen atoms in total. The Hall–Kier alpha value is -3.04. The second-order valence-electron chi connectivity index (χ2n) is 6.41. The molecule has 29 heavy (non-hydrogen) atoms. The van der Waals surface area contributed by atoms with E-state index in [0.717, 1.165) is 16.9 Å². The molecular weight excluding hydrogens is 394 g/mol. The van der Waals surface area contributed by atoms with Crippen LogP contribution in [0.15, 0.2) is 35.4 Å². The van der Waals surface area contributed by atoms with E-state index in [9.17, 15) is 14.4 Å². The number of nitrogens with one attached hydrogen (secondary N) is 1. The quantitative estimate of drug-likeness (QED) is 0.470. The number of rotatable bonds is 7. The fourth-order valence-corrected chi connectivity index (χ4v) is 3.84. The predicted octanol–water partition coefficient (Wildman–Crippen LogP) is 2.52. The van der Waals surface area contributed by atoms with Gasteiger partial charge in [0.2, 0.25) is 5.91 Å². The zero-order chi connectivity index (χ0) is 21.0. The number of ether oxygens (including phenoxy) is 2. The molecule has 3 aromatic rings. The molecule has 1 aromatic carbocycles. The number of benzene rings is 1. The van der Waals surface area contributed by atoms with Crippen molar-refractivity contribution in [2.24, 2.45) is 0 Å². The van der Waals surface area contributed by atoms with Crippen molar-refractivity contribution in [1.29, 1.82) is 0 Å². The van der Waals surface area contributed by atoms with Gasteiger partial charge in [-0.3, -0.25) is 14.2 Å². The number of thiophene rings is 1. The summed E-state index contributed by atoms with van der Waals surface area (Å²) in [6.45, 7) is 3.79. The molecule has 0 aliphatic rings. The summed E-state index contributed by atoms with van der Waals surface area (Å²) < 4.78 is 11.2.